The van der Waals surface area contributed by atoms with Crippen LogP contribution in [-0.4, -0.2) is 11.5 Å². The van der Waals surface area contributed by atoms with E-state index in [1.807, 2.05) is 30.0 Å². The zero-order valence-corrected chi connectivity index (χ0v) is 9.84. The number of hydrogen-bond acceptors (Lipinski definition) is 2. The Morgan fingerprint density at radius 2 is 2.00 bits per heavy atom. The van der Waals surface area contributed by atoms with Gasteiger partial charge in [0.25, 0.3) is 0 Å². The largest absolute Gasteiger partial charge is 0.179 e. The maximum absolute atomic E-state index is 6.00. The second-order valence-electron chi connectivity index (χ2n) is 2.71. The highest BCUT2D eigenvalue weighted by atomic mass is 35.5. The van der Waals surface area contributed by atoms with Gasteiger partial charge >= 0.3 is 0 Å². The molecule has 0 nitrogen and oxygen atoms in total. The first-order chi connectivity index (χ1) is 6.34. The number of rotatable bonds is 5. The SMILES string of the molecule is SCCCCSc1ccccc1Cl. The highest BCUT2D eigenvalue weighted by molar-refractivity contribution is 7.99. The molecule has 0 aromatic heterocycles. The summed E-state index contributed by atoms with van der Waals surface area (Å²) in [5, 5.41) is 0.860. The first kappa shape index (κ1) is 11.3. The maximum Gasteiger partial charge on any atom is 0.0541 e. The molecule has 3 heteroatoms. The molecule has 0 fully saturated rings. The lowest BCUT2D eigenvalue weighted by Crippen LogP contribution is -1.82. The van der Waals surface area contributed by atoms with Crippen molar-refractivity contribution in [1.82, 2.24) is 0 Å². The Kier molecular flexibility index (Phi) is 5.76. The summed E-state index contributed by atoms with van der Waals surface area (Å²) in [5.74, 6) is 2.10. The van der Waals surface area contributed by atoms with E-state index < -0.39 is 0 Å². The van der Waals surface area contributed by atoms with E-state index in [4.69, 9.17) is 11.6 Å². The molecule has 0 N–H and O–H groups in total. The monoisotopic (exact) mass is 232 g/mol. The van der Waals surface area contributed by atoms with Crippen molar-refractivity contribution in [3.8, 4) is 0 Å². The van der Waals surface area contributed by atoms with Gasteiger partial charge in [0, 0.05) is 4.90 Å². The number of unbranched alkanes of at least 4 members (excludes halogenated alkanes) is 1. The molecule has 0 unspecified atom stereocenters. The second kappa shape index (κ2) is 6.63. The first-order valence-corrected chi connectivity index (χ1v) is 6.32. The molecule has 0 aliphatic carbocycles. The molecule has 0 atom stereocenters. The fourth-order valence-corrected chi connectivity index (χ4v) is 2.43. The molecule has 0 spiro atoms. The molecule has 0 bridgehead atoms. The van der Waals surface area contributed by atoms with Gasteiger partial charge in [-0.05, 0) is 36.5 Å². The van der Waals surface area contributed by atoms with E-state index >= 15 is 0 Å². The van der Waals surface area contributed by atoms with Crippen LogP contribution in [-0.2, 0) is 0 Å². The third kappa shape index (κ3) is 4.30. The Balaban J connectivity index is 2.32. The minimum Gasteiger partial charge on any atom is -0.179 e. The lowest BCUT2D eigenvalue weighted by Gasteiger charge is -2.02. The number of halogens is 1. The Labute approximate surface area is 94.5 Å². The van der Waals surface area contributed by atoms with Gasteiger partial charge in [-0.15, -0.1) is 11.8 Å². The van der Waals surface area contributed by atoms with Crippen LogP contribution in [0.1, 0.15) is 12.8 Å². The van der Waals surface area contributed by atoms with Gasteiger partial charge in [0.2, 0.25) is 0 Å². The van der Waals surface area contributed by atoms with Crippen molar-refractivity contribution in [1.29, 1.82) is 0 Å². The number of thioether (sulfide) groups is 1. The molecule has 72 valence electrons. The fourth-order valence-electron chi connectivity index (χ4n) is 0.958. The van der Waals surface area contributed by atoms with E-state index in [1.54, 1.807) is 0 Å². The number of benzene rings is 1. The second-order valence-corrected chi connectivity index (χ2v) is 4.70. The molecule has 0 amide bonds. The highest BCUT2D eigenvalue weighted by Crippen LogP contribution is 2.27. The molecule has 1 rings (SSSR count). The topological polar surface area (TPSA) is 0 Å². The van der Waals surface area contributed by atoms with Crippen molar-refractivity contribution in [2.45, 2.75) is 17.7 Å². The number of hydrogen-bond donors (Lipinski definition) is 1. The Morgan fingerprint density at radius 1 is 1.23 bits per heavy atom. The molecule has 1 aromatic rings. The molecule has 0 radical (unpaired) electrons. The predicted octanol–water partition coefficient (Wildman–Crippen LogP) is 4.14. The van der Waals surface area contributed by atoms with Gasteiger partial charge in [-0.1, -0.05) is 23.7 Å². The Bertz CT molecular complexity index is 250. The quantitative estimate of drug-likeness (QED) is 0.452. The van der Waals surface area contributed by atoms with Crippen LogP contribution >= 0.6 is 36.0 Å². The third-order valence-corrected chi connectivity index (χ3v) is 3.56. The molecule has 13 heavy (non-hydrogen) atoms. The summed E-state index contributed by atoms with van der Waals surface area (Å²) in [6.45, 7) is 0. The van der Waals surface area contributed by atoms with Gasteiger partial charge in [-0.3, -0.25) is 0 Å². The van der Waals surface area contributed by atoms with Gasteiger partial charge in [0.15, 0.2) is 0 Å². The van der Waals surface area contributed by atoms with Crippen LogP contribution in [0.25, 0.3) is 0 Å². The van der Waals surface area contributed by atoms with Gasteiger partial charge in [-0.2, -0.15) is 12.6 Å². The standard InChI is InChI=1S/C10H13ClS2/c11-9-5-1-2-6-10(9)13-8-4-3-7-12/h1-2,5-6,12H,3-4,7-8H2. The maximum atomic E-state index is 6.00. The van der Waals surface area contributed by atoms with Crippen molar-refractivity contribution < 1.29 is 0 Å². The normalized spacial score (nSPS) is 10.3. The zero-order valence-electron chi connectivity index (χ0n) is 7.37. The summed E-state index contributed by atoms with van der Waals surface area (Å²) in [6, 6.07) is 7.98. The summed E-state index contributed by atoms with van der Waals surface area (Å²) >= 11 is 12.0. The van der Waals surface area contributed by atoms with E-state index in [0.29, 0.717) is 0 Å². The molecule has 1 aromatic carbocycles. The van der Waals surface area contributed by atoms with Crippen molar-refractivity contribution in [2.24, 2.45) is 0 Å². The predicted molar refractivity (Wildman–Crippen MR) is 65.3 cm³/mol. The Morgan fingerprint density at radius 3 is 2.69 bits per heavy atom. The molecule has 0 aliphatic heterocycles. The molecule has 0 heterocycles. The van der Waals surface area contributed by atoms with Crippen LogP contribution in [0.3, 0.4) is 0 Å². The van der Waals surface area contributed by atoms with Gasteiger partial charge in [-0.25, -0.2) is 0 Å². The number of thiol groups is 1. The lowest BCUT2D eigenvalue weighted by molar-refractivity contribution is 0.910. The van der Waals surface area contributed by atoms with E-state index in [2.05, 4.69) is 18.7 Å². The van der Waals surface area contributed by atoms with Gasteiger partial charge in [0.1, 0.15) is 0 Å². The van der Waals surface area contributed by atoms with E-state index in [0.717, 1.165) is 16.5 Å². The van der Waals surface area contributed by atoms with E-state index in [-0.39, 0.29) is 0 Å². The first-order valence-electron chi connectivity index (χ1n) is 4.33. The van der Waals surface area contributed by atoms with Gasteiger partial charge < -0.3 is 0 Å². The van der Waals surface area contributed by atoms with Crippen molar-refractivity contribution >= 4 is 36.0 Å². The molecule has 0 aliphatic rings. The van der Waals surface area contributed by atoms with Crippen molar-refractivity contribution in [2.75, 3.05) is 11.5 Å². The molecular weight excluding hydrogens is 220 g/mol. The summed E-state index contributed by atoms with van der Waals surface area (Å²) in [7, 11) is 0. The van der Waals surface area contributed by atoms with Crippen molar-refractivity contribution in [3.05, 3.63) is 29.3 Å². The molecular formula is C10H13ClS2. The smallest absolute Gasteiger partial charge is 0.0541 e. The lowest BCUT2D eigenvalue weighted by atomic mass is 10.4. The Hall–Kier alpha value is 0.210. The average molecular weight is 233 g/mol. The van der Waals surface area contributed by atoms with Crippen LogP contribution in [0.2, 0.25) is 5.02 Å². The third-order valence-electron chi connectivity index (χ3n) is 1.65. The highest BCUT2D eigenvalue weighted by Gasteiger charge is 1.98. The summed E-state index contributed by atoms with van der Waals surface area (Å²) in [4.78, 5) is 1.18. The van der Waals surface area contributed by atoms with Gasteiger partial charge in [0.05, 0.1) is 5.02 Å². The molecule has 0 saturated carbocycles. The van der Waals surface area contributed by atoms with Crippen LogP contribution in [0.15, 0.2) is 29.2 Å². The minimum absolute atomic E-state index is 0.860. The van der Waals surface area contributed by atoms with Crippen LogP contribution in [0.5, 0.6) is 0 Å². The summed E-state index contributed by atoms with van der Waals surface area (Å²) < 4.78 is 0. The van der Waals surface area contributed by atoms with E-state index in [9.17, 15) is 0 Å². The summed E-state index contributed by atoms with van der Waals surface area (Å²) in [6.07, 6.45) is 2.39. The summed E-state index contributed by atoms with van der Waals surface area (Å²) in [5.41, 5.74) is 0. The minimum atomic E-state index is 0.860. The van der Waals surface area contributed by atoms with Crippen LogP contribution in [0, 0.1) is 0 Å². The van der Waals surface area contributed by atoms with Crippen molar-refractivity contribution in [3.63, 3.8) is 0 Å². The zero-order chi connectivity index (χ0) is 9.52. The average Bonchev–Trinajstić information content (AvgIpc) is 2.15. The fraction of sp³-hybridized carbons (Fsp3) is 0.400. The van der Waals surface area contributed by atoms with E-state index in [1.165, 1.54) is 17.7 Å². The van der Waals surface area contributed by atoms with Crippen LogP contribution < -0.4 is 0 Å². The van der Waals surface area contributed by atoms with Crippen LogP contribution in [0.4, 0.5) is 0 Å². The molecule has 0 saturated heterocycles.